The zero-order valence-electron chi connectivity index (χ0n) is 11.7. The summed E-state index contributed by atoms with van der Waals surface area (Å²) in [5, 5.41) is 11.5. The Morgan fingerprint density at radius 3 is 3.05 bits per heavy atom. The minimum atomic E-state index is -0.413. The molecule has 0 amide bonds. The maximum absolute atomic E-state index is 10.4. The zero-order valence-corrected chi connectivity index (χ0v) is 11.7. The molecule has 2 aromatic rings. The molecule has 0 spiro atoms. The molecule has 2 unspecified atom stereocenters. The van der Waals surface area contributed by atoms with Crippen LogP contribution in [-0.2, 0) is 4.74 Å². The Bertz CT molecular complexity index is 558. The Labute approximate surface area is 119 Å². The van der Waals surface area contributed by atoms with Crippen LogP contribution in [0.1, 0.15) is 43.8 Å². The maximum Gasteiger partial charge on any atom is 0.0797 e. The van der Waals surface area contributed by atoms with Gasteiger partial charge in [-0.05, 0) is 49.8 Å². The standard InChI is InChI=1S/C17H21NO2/c19-17(9-3-5-13-6-4-12-20-13)15-10-11-18-16-8-2-1-7-14(15)16/h1-2,7-8,10-11,13,17,19H,3-6,9,12H2. The number of nitrogens with zero attached hydrogens (tertiary/aromatic N) is 1. The SMILES string of the molecule is OC(CCCC1CCCO1)c1ccnc2ccccc12. The molecule has 20 heavy (non-hydrogen) atoms. The van der Waals surface area contributed by atoms with Gasteiger partial charge in [-0.15, -0.1) is 0 Å². The van der Waals surface area contributed by atoms with Crippen LogP contribution in [0.2, 0.25) is 0 Å². The fourth-order valence-corrected chi connectivity index (χ4v) is 2.97. The number of para-hydroxylation sites is 1. The van der Waals surface area contributed by atoms with Crippen LogP contribution in [0.15, 0.2) is 36.5 Å². The predicted molar refractivity (Wildman–Crippen MR) is 79.5 cm³/mol. The third-order valence-electron chi connectivity index (χ3n) is 4.07. The molecule has 2 heterocycles. The third kappa shape index (κ3) is 3.00. The topological polar surface area (TPSA) is 42.4 Å². The average Bonchev–Trinajstić information content (AvgIpc) is 3.00. The van der Waals surface area contributed by atoms with Gasteiger partial charge in [-0.25, -0.2) is 0 Å². The maximum atomic E-state index is 10.4. The smallest absolute Gasteiger partial charge is 0.0797 e. The molecule has 106 valence electrons. The van der Waals surface area contributed by atoms with Crippen molar-refractivity contribution in [3.05, 3.63) is 42.1 Å². The van der Waals surface area contributed by atoms with Crippen LogP contribution in [-0.4, -0.2) is 22.8 Å². The second-order valence-corrected chi connectivity index (χ2v) is 5.50. The first-order valence-electron chi connectivity index (χ1n) is 7.48. The summed E-state index contributed by atoms with van der Waals surface area (Å²) in [6.45, 7) is 0.905. The van der Waals surface area contributed by atoms with Crippen molar-refractivity contribution >= 4 is 10.9 Å². The van der Waals surface area contributed by atoms with Crippen molar-refractivity contribution in [2.24, 2.45) is 0 Å². The van der Waals surface area contributed by atoms with Gasteiger partial charge in [0, 0.05) is 18.2 Å². The van der Waals surface area contributed by atoms with E-state index in [1.807, 2.05) is 30.3 Å². The van der Waals surface area contributed by atoms with Crippen molar-refractivity contribution < 1.29 is 9.84 Å². The third-order valence-corrected chi connectivity index (χ3v) is 4.07. The van der Waals surface area contributed by atoms with Gasteiger partial charge in [-0.1, -0.05) is 18.2 Å². The number of rotatable bonds is 5. The summed E-state index contributed by atoms with van der Waals surface area (Å²) in [7, 11) is 0. The molecule has 0 saturated carbocycles. The van der Waals surface area contributed by atoms with Crippen LogP contribution < -0.4 is 0 Å². The van der Waals surface area contributed by atoms with E-state index in [0.29, 0.717) is 6.10 Å². The summed E-state index contributed by atoms with van der Waals surface area (Å²) in [4.78, 5) is 4.34. The van der Waals surface area contributed by atoms with Gasteiger partial charge >= 0.3 is 0 Å². The molecule has 1 aromatic heterocycles. The van der Waals surface area contributed by atoms with E-state index in [-0.39, 0.29) is 0 Å². The normalized spacial score (nSPS) is 20.4. The lowest BCUT2D eigenvalue weighted by Gasteiger charge is -2.14. The van der Waals surface area contributed by atoms with E-state index in [9.17, 15) is 5.11 Å². The predicted octanol–water partition coefficient (Wildman–Crippen LogP) is 3.62. The first kappa shape index (κ1) is 13.5. The first-order chi connectivity index (χ1) is 9.84. The minimum absolute atomic E-state index is 0.413. The highest BCUT2D eigenvalue weighted by molar-refractivity contribution is 5.82. The molecule has 1 aliphatic heterocycles. The number of fused-ring (bicyclic) bond motifs is 1. The van der Waals surface area contributed by atoms with E-state index < -0.39 is 6.10 Å². The van der Waals surface area contributed by atoms with Crippen molar-refractivity contribution in [2.45, 2.75) is 44.3 Å². The van der Waals surface area contributed by atoms with Crippen LogP contribution in [0.25, 0.3) is 10.9 Å². The molecule has 1 fully saturated rings. The Balaban J connectivity index is 1.64. The van der Waals surface area contributed by atoms with Crippen LogP contribution in [0.4, 0.5) is 0 Å². The monoisotopic (exact) mass is 271 g/mol. The quantitative estimate of drug-likeness (QED) is 0.903. The van der Waals surface area contributed by atoms with Gasteiger partial charge in [0.25, 0.3) is 0 Å². The van der Waals surface area contributed by atoms with Gasteiger partial charge in [-0.2, -0.15) is 0 Å². The number of hydrogen-bond donors (Lipinski definition) is 1. The molecule has 0 bridgehead atoms. The second kappa shape index (κ2) is 6.33. The lowest BCUT2D eigenvalue weighted by Crippen LogP contribution is -2.06. The summed E-state index contributed by atoms with van der Waals surface area (Å²) in [5.74, 6) is 0. The highest BCUT2D eigenvalue weighted by atomic mass is 16.5. The van der Waals surface area contributed by atoms with E-state index in [2.05, 4.69) is 4.98 Å². The fraction of sp³-hybridized carbons (Fsp3) is 0.471. The number of aliphatic hydroxyl groups excluding tert-OH is 1. The lowest BCUT2D eigenvalue weighted by atomic mass is 9.99. The summed E-state index contributed by atoms with van der Waals surface area (Å²) in [6.07, 6.45) is 6.98. The molecule has 0 radical (unpaired) electrons. The molecule has 1 aliphatic rings. The number of aliphatic hydroxyl groups is 1. The van der Waals surface area contributed by atoms with Crippen molar-refractivity contribution in [1.29, 1.82) is 0 Å². The van der Waals surface area contributed by atoms with E-state index in [1.165, 1.54) is 12.8 Å². The molecular formula is C17H21NO2. The molecule has 0 aliphatic carbocycles. The van der Waals surface area contributed by atoms with Gasteiger partial charge in [0.1, 0.15) is 0 Å². The summed E-state index contributed by atoms with van der Waals surface area (Å²) < 4.78 is 5.62. The van der Waals surface area contributed by atoms with Crippen LogP contribution in [0, 0.1) is 0 Å². The van der Waals surface area contributed by atoms with Crippen LogP contribution in [0.3, 0.4) is 0 Å². The molecular weight excluding hydrogens is 250 g/mol. The Morgan fingerprint density at radius 1 is 1.30 bits per heavy atom. The zero-order chi connectivity index (χ0) is 13.8. The summed E-state index contributed by atoms with van der Waals surface area (Å²) in [5.41, 5.74) is 1.94. The van der Waals surface area contributed by atoms with Gasteiger partial charge < -0.3 is 9.84 Å². The molecule has 3 heteroatoms. The minimum Gasteiger partial charge on any atom is -0.388 e. The molecule has 1 saturated heterocycles. The molecule has 2 atom stereocenters. The summed E-state index contributed by atoms with van der Waals surface area (Å²) in [6, 6.07) is 9.91. The van der Waals surface area contributed by atoms with E-state index in [4.69, 9.17) is 4.74 Å². The second-order valence-electron chi connectivity index (χ2n) is 5.50. The lowest BCUT2D eigenvalue weighted by molar-refractivity contribution is 0.0946. The van der Waals surface area contributed by atoms with Crippen molar-refractivity contribution in [2.75, 3.05) is 6.61 Å². The Morgan fingerprint density at radius 2 is 2.20 bits per heavy atom. The number of aromatic nitrogens is 1. The molecule has 3 rings (SSSR count). The Hall–Kier alpha value is -1.45. The largest absolute Gasteiger partial charge is 0.388 e. The van der Waals surface area contributed by atoms with Crippen molar-refractivity contribution in [3.63, 3.8) is 0 Å². The van der Waals surface area contributed by atoms with Gasteiger partial charge in [0.15, 0.2) is 0 Å². The highest BCUT2D eigenvalue weighted by Crippen LogP contribution is 2.27. The number of hydrogen-bond acceptors (Lipinski definition) is 3. The van der Waals surface area contributed by atoms with Crippen LogP contribution >= 0.6 is 0 Å². The van der Waals surface area contributed by atoms with Crippen molar-refractivity contribution in [1.82, 2.24) is 4.98 Å². The van der Waals surface area contributed by atoms with Gasteiger partial charge in [0.2, 0.25) is 0 Å². The van der Waals surface area contributed by atoms with Gasteiger partial charge in [0.05, 0.1) is 17.7 Å². The number of benzene rings is 1. The van der Waals surface area contributed by atoms with Crippen molar-refractivity contribution in [3.8, 4) is 0 Å². The van der Waals surface area contributed by atoms with E-state index in [0.717, 1.165) is 42.3 Å². The molecule has 1 aromatic carbocycles. The van der Waals surface area contributed by atoms with Crippen LogP contribution in [0.5, 0.6) is 0 Å². The summed E-state index contributed by atoms with van der Waals surface area (Å²) >= 11 is 0. The number of pyridine rings is 1. The van der Waals surface area contributed by atoms with Gasteiger partial charge in [-0.3, -0.25) is 4.98 Å². The highest BCUT2D eigenvalue weighted by Gasteiger charge is 2.17. The molecule has 1 N–H and O–H groups in total. The molecule has 3 nitrogen and oxygen atoms in total. The number of ether oxygens (including phenoxy) is 1. The van der Waals surface area contributed by atoms with E-state index in [1.54, 1.807) is 6.20 Å². The average molecular weight is 271 g/mol. The first-order valence-corrected chi connectivity index (χ1v) is 7.48. The van der Waals surface area contributed by atoms with E-state index >= 15 is 0 Å². The fourth-order valence-electron chi connectivity index (χ4n) is 2.97. The Kier molecular flexibility index (Phi) is 4.28.